The molecule has 1 fully saturated rings. The number of benzene rings is 1. The molecule has 0 amide bonds. The molecule has 0 aliphatic carbocycles. The van der Waals surface area contributed by atoms with Crippen LogP contribution in [-0.2, 0) is 17.3 Å². The van der Waals surface area contributed by atoms with Gasteiger partial charge in [-0.2, -0.15) is 28.2 Å². The van der Waals surface area contributed by atoms with Crippen LogP contribution in [0.4, 0.5) is 24.8 Å². The van der Waals surface area contributed by atoms with Gasteiger partial charge in [-0.3, -0.25) is 10.4 Å². The number of hydrogen-bond acceptors (Lipinski definition) is 8. The molecule has 0 radical (unpaired) electrons. The third-order valence-corrected chi connectivity index (χ3v) is 4.95. The zero-order chi connectivity index (χ0) is 23.8. The van der Waals surface area contributed by atoms with Crippen LogP contribution in [0, 0.1) is 0 Å². The normalized spacial score (nSPS) is 14.4. The number of morpholine rings is 1. The Bertz CT molecular complexity index is 1110. The van der Waals surface area contributed by atoms with Crippen LogP contribution >= 0.6 is 0 Å². The summed E-state index contributed by atoms with van der Waals surface area (Å²) in [5.74, 6) is 0.996. The van der Waals surface area contributed by atoms with E-state index in [1.165, 1.54) is 18.3 Å². The van der Waals surface area contributed by atoms with Gasteiger partial charge in [-0.1, -0.05) is 18.2 Å². The molecule has 0 unspecified atom stereocenters. The molecule has 3 heterocycles. The van der Waals surface area contributed by atoms with E-state index in [1.54, 1.807) is 12.3 Å². The Balaban J connectivity index is 1.47. The fourth-order valence-electron chi connectivity index (χ4n) is 3.25. The van der Waals surface area contributed by atoms with Crippen LogP contribution in [-0.4, -0.2) is 54.1 Å². The van der Waals surface area contributed by atoms with Gasteiger partial charge in [-0.25, -0.2) is 0 Å². The molecule has 1 N–H and O–H groups in total. The smallest absolute Gasteiger partial charge is 0.416 e. The maximum atomic E-state index is 12.9. The van der Waals surface area contributed by atoms with E-state index in [1.807, 2.05) is 23.1 Å². The highest BCUT2D eigenvalue weighted by molar-refractivity contribution is 5.80. The summed E-state index contributed by atoms with van der Waals surface area (Å²) in [6.07, 6.45) is -0.816. The number of ether oxygens (including phenoxy) is 2. The molecule has 1 aliphatic heterocycles. The van der Waals surface area contributed by atoms with Crippen molar-refractivity contribution >= 4 is 17.9 Å². The molecule has 1 aliphatic rings. The van der Waals surface area contributed by atoms with Crippen molar-refractivity contribution in [2.24, 2.45) is 5.10 Å². The molecule has 0 bridgehead atoms. The van der Waals surface area contributed by atoms with E-state index in [2.05, 4.69) is 25.5 Å². The lowest BCUT2D eigenvalue weighted by Gasteiger charge is -2.28. The zero-order valence-corrected chi connectivity index (χ0v) is 18.2. The number of halogens is 3. The van der Waals surface area contributed by atoms with Crippen LogP contribution in [0.3, 0.4) is 0 Å². The first-order valence-corrected chi connectivity index (χ1v) is 10.7. The van der Waals surface area contributed by atoms with Crippen LogP contribution in [0.1, 0.15) is 16.8 Å². The number of hydrazone groups is 1. The molecule has 4 rings (SSSR count). The standard InChI is InChI=1S/C23H23F3N6O2/c24-23(25,26)18-5-3-4-17(14-18)16-28-31-20-15-21(32-9-12-33-13-10-32)30-22(29-20)34-11-7-19-6-1-2-8-27-19/h1-6,8,14-16H,7,9-13H2,(H,29,30,31)/b28-16+. The van der Waals surface area contributed by atoms with E-state index in [9.17, 15) is 13.2 Å². The van der Waals surface area contributed by atoms with E-state index in [4.69, 9.17) is 9.47 Å². The summed E-state index contributed by atoms with van der Waals surface area (Å²) in [5, 5.41) is 4.05. The minimum Gasteiger partial charge on any atom is -0.463 e. The largest absolute Gasteiger partial charge is 0.463 e. The lowest BCUT2D eigenvalue weighted by atomic mass is 10.1. The molecular weight excluding hydrogens is 449 g/mol. The van der Waals surface area contributed by atoms with Crippen molar-refractivity contribution in [2.45, 2.75) is 12.6 Å². The van der Waals surface area contributed by atoms with E-state index < -0.39 is 11.7 Å². The predicted octanol–water partition coefficient (Wildman–Crippen LogP) is 3.79. The summed E-state index contributed by atoms with van der Waals surface area (Å²) in [6.45, 7) is 2.82. The van der Waals surface area contributed by atoms with E-state index in [0.717, 1.165) is 17.8 Å². The SMILES string of the molecule is FC(F)(F)c1cccc(/C=N/Nc2cc(N3CCOCC3)nc(OCCc3ccccn3)n2)c1. The Morgan fingerprint density at radius 1 is 1.09 bits per heavy atom. The number of nitrogens with zero attached hydrogens (tertiary/aromatic N) is 5. The van der Waals surface area contributed by atoms with Gasteiger partial charge >= 0.3 is 12.2 Å². The van der Waals surface area contributed by atoms with Crippen molar-refractivity contribution in [1.29, 1.82) is 0 Å². The van der Waals surface area contributed by atoms with Crippen molar-refractivity contribution in [3.05, 3.63) is 71.5 Å². The van der Waals surface area contributed by atoms with Gasteiger partial charge in [0.15, 0.2) is 5.82 Å². The molecule has 1 saturated heterocycles. The first-order valence-electron chi connectivity index (χ1n) is 10.7. The summed E-state index contributed by atoms with van der Waals surface area (Å²) < 4.78 is 49.9. The lowest BCUT2D eigenvalue weighted by Crippen LogP contribution is -2.36. The molecule has 3 aromatic rings. The second-order valence-corrected chi connectivity index (χ2v) is 7.41. The highest BCUT2D eigenvalue weighted by Gasteiger charge is 2.30. The quantitative estimate of drug-likeness (QED) is 0.394. The minimum atomic E-state index is -4.42. The number of hydrogen-bond donors (Lipinski definition) is 1. The average molecular weight is 472 g/mol. The summed E-state index contributed by atoms with van der Waals surface area (Å²) >= 11 is 0. The highest BCUT2D eigenvalue weighted by atomic mass is 19.4. The van der Waals surface area contributed by atoms with Gasteiger partial charge in [0.1, 0.15) is 5.82 Å². The van der Waals surface area contributed by atoms with Gasteiger partial charge in [0.2, 0.25) is 0 Å². The molecular formula is C23H23F3N6O2. The summed E-state index contributed by atoms with van der Waals surface area (Å²) in [6, 6.07) is 12.4. The van der Waals surface area contributed by atoms with Crippen LogP contribution in [0.25, 0.3) is 0 Å². The Morgan fingerprint density at radius 2 is 1.94 bits per heavy atom. The molecule has 2 aromatic heterocycles. The van der Waals surface area contributed by atoms with E-state index in [0.29, 0.717) is 56.5 Å². The number of alkyl halides is 3. The van der Waals surface area contributed by atoms with E-state index in [-0.39, 0.29) is 6.01 Å². The molecule has 0 atom stereocenters. The predicted molar refractivity (Wildman–Crippen MR) is 121 cm³/mol. The molecule has 34 heavy (non-hydrogen) atoms. The number of anilines is 2. The Kier molecular flexibility index (Phi) is 7.53. The van der Waals surface area contributed by atoms with Gasteiger partial charge in [-0.05, 0) is 29.8 Å². The van der Waals surface area contributed by atoms with Crippen molar-refractivity contribution < 1.29 is 22.6 Å². The molecule has 1 aromatic carbocycles. The Hall–Kier alpha value is -3.73. The maximum absolute atomic E-state index is 12.9. The number of pyridine rings is 1. The molecule has 11 heteroatoms. The van der Waals surface area contributed by atoms with Crippen LogP contribution in [0.2, 0.25) is 0 Å². The number of rotatable bonds is 8. The summed E-state index contributed by atoms with van der Waals surface area (Å²) in [4.78, 5) is 15.1. The first-order chi connectivity index (χ1) is 16.5. The maximum Gasteiger partial charge on any atom is 0.416 e. The fraction of sp³-hybridized carbons (Fsp3) is 0.304. The highest BCUT2D eigenvalue weighted by Crippen LogP contribution is 2.29. The minimum absolute atomic E-state index is 0.164. The second-order valence-electron chi connectivity index (χ2n) is 7.41. The van der Waals surface area contributed by atoms with Gasteiger partial charge in [0.05, 0.1) is 31.6 Å². The second kappa shape index (κ2) is 10.9. The number of aromatic nitrogens is 3. The first kappa shape index (κ1) is 23.4. The zero-order valence-electron chi connectivity index (χ0n) is 18.2. The third kappa shape index (κ3) is 6.64. The number of nitrogens with one attached hydrogen (secondary N) is 1. The topological polar surface area (TPSA) is 84.8 Å². The Labute approximate surface area is 194 Å². The fourth-order valence-corrected chi connectivity index (χ4v) is 3.25. The molecule has 8 nitrogen and oxygen atoms in total. The van der Waals surface area contributed by atoms with Crippen LogP contribution < -0.4 is 15.1 Å². The lowest BCUT2D eigenvalue weighted by molar-refractivity contribution is -0.137. The van der Waals surface area contributed by atoms with Gasteiger partial charge in [0, 0.05) is 37.5 Å². The van der Waals surface area contributed by atoms with Crippen molar-refractivity contribution in [2.75, 3.05) is 43.2 Å². The Morgan fingerprint density at radius 3 is 2.71 bits per heavy atom. The van der Waals surface area contributed by atoms with Crippen molar-refractivity contribution in [1.82, 2.24) is 15.0 Å². The summed E-state index contributed by atoms with van der Waals surface area (Å²) in [5.41, 5.74) is 3.21. The summed E-state index contributed by atoms with van der Waals surface area (Å²) in [7, 11) is 0. The van der Waals surface area contributed by atoms with E-state index >= 15 is 0 Å². The molecule has 0 spiro atoms. The van der Waals surface area contributed by atoms with Crippen molar-refractivity contribution in [3.8, 4) is 6.01 Å². The van der Waals surface area contributed by atoms with Crippen molar-refractivity contribution in [3.63, 3.8) is 0 Å². The van der Waals surface area contributed by atoms with Gasteiger partial charge in [-0.15, -0.1) is 0 Å². The molecule has 178 valence electrons. The third-order valence-electron chi connectivity index (χ3n) is 4.95. The van der Waals surface area contributed by atoms with Gasteiger partial charge < -0.3 is 14.4 Å². The van der Waals surface area contributed by atoms with Crippen LogP contribution in [0.5, 0.6) is 6.01 Å². The monoisotopic (exact) mass is 472 g/mol. The van der Waals surface area contributed by atoms with Gasteiger partial charge in [0.25, 0.3) is 0 Å². The van der Waals surface area contributed by atoms with Crippen LogP contribution in [0.15, 0.2) is 59.8 Å². The average Bonchev–Trinajstić information content (AvgIpc) is 2.85. The molecule has 0 saturated carbocycles.